The van der Waals surface area contributed by atoms with Crippen molar-refractivity contribution in [3.05, 3.63) is 0 Å². The number of nitrogens with two attached hydrogens (primary N) is 1. The first-order valence-electron chi connectivity index (χ1n) is 4.30. The molecule has 0 aromatic carbocycles. The summed E-state index contributed by atoms with van der Waals surface area (Å²) in [5.41, 5.74) is 5.61. The molecule has 11 heavy (non-hydrogen) atoms. The van der Waals surface area contributed by atoms with Crippen molar-refractivity contribution in [1.29, 1.82) is 0 Å². The SMILES string of the molecule is CCCN1CCCC(N)C1=O. The number of piperidine rings is 1. The lowest BCUT2D eigenvalue weighted by Gasteiger charge is -2.29. The summed E-state index contributed by atoms with van der Waals surface area (Å²) in [6.45, 7) is 3.85. The van der Waals surface area contributed by atoms with E-state index in [-0.39, 0.29) is 11.9 Å². The van der Waals surface area contributed by atoms with Crippen molar-refractivity contribution >= 4 is 5.91 Å². The fourth-order valence-corrected chi connectivity index (χ4v) is 1.46. The number of amides is 1. The molecule has 0 radical (unpaired) electrons. The van der Waals surface area contributed by atoms with Crippen molar-refractivity contribution in [3.63, 3.8) is 0 Å². The zero-order chi connectivity index (χ0) is 8.27. The summed E-state index contributed by atoms with van der Waals surface area (Å²) in [5, 5.41) is 0. The Morgan fingerprint density at radius 3 is 3.09 bits per heavy atom. The van der Waals surface area contributed by atoms with E-state index >= 15 is 0 Å². The van der Waals surface area contributed by atoms with Gasteiger partial charge in [-0.1, -0.05) is 6.92 Å². The average molecular weight is 156 g/mol. The first kappa shape index (κ1) is 8.53. The van der Waals surface area contributed by atoms with Gasteiger partial charge < -0.3 is 10.6 Å². The zero-order valence-electron chi connectivity index (χ0n) is 7.05. The molecule has 1 heterocycles. The van der Waals surface area contributed by atoms with Gasteiger partial charge in [0, 0.05) is 13.1 Å². The molecule has 1 unspecified atom stereocenters. The maximum Gasteiger partial charge on any atom is 0.239 e. The topological polar surface area (TPSA) is 46.3 Å². The molecule has 0 saturated carbocycles. The van der Waals surface area contributed by atoms with Crippen LogP contribution >= 0.6 is 0 Å². The molecule has 1 aliphatic heterocycles. The molecule has 0 bridgehead atoms. The van der Waals surface area contributed by atoms with Crippen LogP contribution in [-0.4, -0.2) is 29.9 Å². The second-order valence-electron chi connectivity index (χ2n) is 3.07. The van der Waals surface area contributed by atoms with Crippen LogP contribution in [0.2, 0.25) is 0 Å². The molecule has 0 spiro atoms. The number of hydrogen-bond acceptors (Lipinski definition) is 2. The van der Waals surface area contributed by atoms with Crippen LogP contribution < -0.4 is 5.73 Å². The Labute approximate surface area is 67.5 Å². The highest BCUT2D eigenvalue weighted by molar-refractivity contribution is 5.82. The van der Waals surface area contributed by atoms with E-state index in [0.29, 0.717) is 0 Å². The van der Waals surface area contributed by atoms with Gasteiger partial charge in [0.1, 0.15) is 0 Å². The second kappa shape index (κ2) is 3.72. The largest absolute Gasteiger partial charge is 0.341 e. The molecule has 1 saturated heterocycles. The number of carbonyl (C=O) groups excluding carboxylic acids is 1. The second-order valence-corrected chi connectivity index (χ2v) is 3.07. The fourth-order valence-electron chi connectivity index (χ4n) is 1.46. The van der Waals surface area contributed by atoms with Crippen LogP contribution in [0.4, 0.5) is 0 Å². The molecule has 0 aliphatic carbocycles. The van der Waals surface area contributed by atoms with Crippen molar-refractivity contribution in [2.45, 2.75) is 32.2 Å². The van der Waals surface area contributed by atoms with E-state index in [2.05, 4.69) is 6.92 Å². The van der Waals surface area contributed by atoms with E-state index in [1.165, 1.54) is 0 Å². The summed E-state index contributed by atoms with van der Waals surface area (Å²) in [6.07, 6.45) is 2.95. The molecule has 2 N–H and O–H groups in total. The molecule has 1 fully saturated rings. The maximum atomic E-state index is 11.3. The highest BCUT2D eigenvalue weighted by atomic mass is 16.2. The van der Waals surface area contributed by atoms with Gasteiger partial charge in [0.05, 0.1) is 6.04 Å². The monoisotopic (exact) mass is 156 g/mol. The Kier molecular flexibility index (Phi) is 2.88. The molecular weight excluding hydrogens is 140 g/mol. The Hall–Kier alpha value is -0.570. The lowest BCUT2D eigenvalue weighted by atomic mass is 10.1. The normalized spacial score (nSPS) is 25.8. The van der Waals surface area contributed by atoms with Gasteiger partial charge in [0.2, 0.25) is 5.91 Å². The average Bonchev–Trinajstić information content (AvgIpc) is 1.99. The lowest BCUT2D eigenvalue weighted by molar-refractivity contribution is -0.134. The summed E-state index contributed by atoms with van der Waals surface area (Å²) in [6, 6.07) is -0.227. The molecule has 3 nitrogen and oxygen atoms in total. The van der Waals surface area contributed by atoms with Crippen LogP contribution in [-0.2, 0) is 4.79 Å². The van der Waals surface area contributed by atoms with Crippen LogP contribution in [0, 0.1) is 0 Å². The van der Waals surface area contributed by atoms with Crippen LogP contribution in [0.5, 0.6) is 0 Å². The Balaban J connectivity index is 2.44. The summed E-state index contributed by atoms with van der Waals surface area (Å²) in [7, 11) is 0. The Bertz CT molecular complexity index is 145. The molecule has 1 rings (SSSR count). The molecule has 0 aromatic heterocycles. The first-order chi connectivity index (χ1) is 5.25. The number of hydrogen-bond donors (Lipinski definition) is 1. The minimum Gasteiger partial charge on any atom is -0.341 e. The van der Waals surface area contributed by atoms with Crippen molar-refractivity contribution in [2.24, 2.45) is 5.73 Å². The van der Waals surface area contributed by atoms with Gasteiger partial charge in [0.25, 0.3) is 0 Å². The van der Waals surface area contributed by atoms with Crippen molar-refractivity contribution < 1.29 is 4.79 Å². The molecule has 1 atom stereocenters. The zero-order valence-corrected chi connectivity index (χ0v) is 7.05. The minimum absolute atomic E-state index is 0.137. The van der Waals surface area contributed by atoms with Crippen LogP contribution in [0.1, 0.15) is 26.2 Å². The third-order valence-electron chi connectivity index (χ3n) is 2.07. The highest BCUT2D eigenvalue weighted by Crippen LogP contribution is 2.09. The predicted octanol–water partition coefficient (Wildman–Crippen LogP) is 0.346. The van der Waals surface area contributed by atoms with Crippen molar-refractivity contribution in [1.82, 2.24) is 4.90 Å². The van der Waals surface area contributed by atoms with E-state index in [0.717, 1.165) is 32.4 Å². The molecule has 64 valence electrons. The van der Waals surface area contributed by atoms with Crippen LogP contribution in [0.3, 0.4) is 0 Å². The van der Waals surface area contributed by atoms with Gasteiger partial charge in [-0.3, -0.25) is 4.79 Å². The smallest absolute Gasteiger partial charge is 0.239 e. The third-order valence-corrected chi connectivity index (χ3v) is 2.07. The fraction of sp³-hybridized carbons (Fsp3) is 0.875. The summed E-state index contributed by atoms with van der Waals surface area (Å²) < 4.78 is 0. The standard InChI is InChI=1S/C8H16N2O/c1-2-5-10-6-3-4-7(9)8(10)11/h7H,2-6,9H2,1H3. The van der Waals surface area contributed by atoms with Gasteiger partial charge >= 0.3 is 0 Å². The summed E-state index contributed by atoms with van der Waals surface area (Å²) in [4.78, 5) is 13.2. The number of likely N-dealkylation sites (tertiary alicyclic amines) is 1. The summed E-state index contributed by atoms with van der Waals surface area (Å²) in [5.74, 6) is 0.137. The number of nitrogens with zero attached hydrogens (tertiary/aromatic N) is 1. The van der Waals surface area contributed by atoms with Crippen LogP contribution in [0.15, 0.2) is 0 Å². The Morgan fingerprint density at radius 2 is 2.45 bits per heavy atom. The van der Waals surface area contributed by atoms with E-state index in [1.54, 1.807) is 0 Å². The Morgan fingerprint density at radius 1 is 1.73 bits per heavy atom. The molecular formula is C8H16N2O. The quantitative estimate of drug-likeness (QED) is 0.627. The number of carbonyl (C=O) groups is 1. The minimum atomic E-state index is -0.227. The van der Waals surface area contributed by atoms with Gasteiger partial charge in [-0.2, -0.15) is 0 Å². The van der Waals surface area contributed by atoms with Crippen molar-refractivity contribution in [2.75, 3.05) is 13.1 Å². The molecule has 1 amide bonds. The number of rotatable bonds is 2. The first-order valence-corrected chi connectivity index (χ1v) is 4.30. The lowest BCUT2D eigenvalue weighted by Crippen LogP contribution is -2.48. The summed E-state index contributed by atoms with van der Waals surface area (Å²) >= 11 is 0. The van der Waals surface area contributed by atoms with E-state index < -0.39 is 0 Å². The van der Waals surface area contributed by atoms with E-state index in [4.69, 9.17) is 5.73 Å². The van der Waals surface area contributed by atoms with Gasteiger partial charge in [-0.25, -0.2) is 0 Å². The van der Waals surface area contributed by atoms with E-state index in [1.807, 2.05) is 4.90 Å². The predicted molar refractivity (Wildman–Crippen MR) is 44.1 cm³/mol. The molecule has 0 aromatic rings. The van der Waals surface area contributed by atoms with Crippen molar-refractivity contribution in [3.8, 4) is 0 Å². The van der Waals surface area contributed by atoms with Gasteiger partial charge in [-0.05, 0) is 19.3 Å². The van der Waals surface area contributed by atoms with E-state index in [9.17, 15) is 4.79 Å². The van der Waals surface area contributed by atoms with Crippen LogP contribution in [0.25, 0.3) is 0 Å². The highest BCUT2D eigenvalue weighted by Gasteiger charge is 2.24. The van der Waals surface area contributed by atoms with Gasteiger partial charge in [-0.15, -0.1) is 0 Å². The third kappa shape index (κ3) is 1.93. The molecule has 3 heteroatoms. The maximum absolute atomic E-state index is 11.3. The molecule has 1 aliphatic rings. The van der Waals surface area contributed by atoms with Gasteiger partial charge in [0.15, 0.2) is 0 Å².